The molecule has 7 heteroatoms. The number of anilines is 1. The molecular formula is C10H10BrN5O. The minimum atomic E-state index is -0.179. The quantitative estimate of drug-likeness (QED) is 0.898. The van der Waals surface area contributed by atoms with Crippen molar-refractivity contribution in [3.63, 3.8) is 0 Å². The minimum Gasteiger partial charge on any atom is -0.326 e. The lowest BCUT2D eigenvalue weighted by Crippen LogP contribution is -2.15. The summed E-state index contributed by atoms with van der Waals surface area (Å²) in [6, 6.07) is 5.62. The average molecular weight is 296 g/mol. The summed E-state index contributed by atoms with van der Waals surface area (Å²) >= 11 is 3.41. The topological polar surface area (TPSA) is 83.6 Å². The third-order valence-electron chi connectivity index (χ3n) is 2.16. The normalized spacial score (nSPS) is 10.2. The summed E-state index contributed by atoms with van der Waals surface area (Å²) < 4.78 is 0.954. The molecule has 0 aliphatic rings. The standard InChI is InChI=1S/C10H10BrN5O/c1-6-2-3-7(4-8(6)11)12-10(17)5-9-13-15-16-14-9/h2-4H,5H2,1H3,(H,12,17)(H,13,14,15,16). The first-order valence-electron chi connectivity index (χ1n) is 4.93. The molecule has 2 aromatic rings. The highest BCUT2D eigenvalue weighted by Crippen LogP contribution is 2.20. The number of nitrogens with one attached hydrogen (secondary N) is 2. The van der Waals surface area contributed by atoms with Gasteiger partial charge < -0.3 is 5.32 Å². The average Bonchev–Trinajstić information content (AvgIpc) is 2.76. The Morgan fingerprint density at radius 3 is 3.00 bits per heavy atom. The van der Waals surface area contributed by atoms with Crippen LogP contribution in [0.5, 0.6) is 0 Å². The van der Waals surface area contributed by atoms with Gasteiger partial charge in [0.1, 0.15) is 0 Å². The molecule has 2 N–H and O–H groups in total. The number of rotatable bonds is 3. The van der Waals surface area contributed by atoms with Gasteiger partial charge >= 0.3 is 0 Å². The fourth-order valence-electron chi connectivity index (χ4n) is 1.28. The fraction of sp³-hybridized carbons (Fsp3) is 0.200. The Bertz CT molecular complexity index is 525. The number of carbonyl (C=O) groups excluding carboxylic acids is 1. The van der Waals surface area contributed by atoms with E-state index in [9.17, 15) is 4.79 Å². The molecule has 88 valence electrons. The van der Waals surface area contributed by atoms with Gasteiger partial charge in [-0.25, -0.2) is 0 Å². The van der Waals surface area contributed by atoms with E-state index in [0.717, 1.165) is 15.7 Å². The van der Waals surface area contributed by atoms with Crippen LogP contribution in [0.2, 0.25) is 0 Å². The molecule has 1 aromatic heterocycles. The van der Waals surface area contributed by atoms with E-state index in [4.69, 9.17) is 0 Å². The maximum absolute atomic E-state index is 11.6. The predicted octanol–water partition coefficient (Wildman–Crippen LogP) is 1.45. The van der Waals surface area contributed by atoms with Crippen LogP contribution in [0, 0.1) is 6.92 Å². The number of amides is 1. The molecule has 1 amide bonds. The second kappa shape index (κ2) is 5.05. The van der Waals surface area contributed by atoms with Crippen LogP contribution in [-0.4, -0.2) is 26.5 Å². The van der Waals surface area contributed by atoms with E-state index in [2.05, 4.69) is 41.9 Å². The van der Waals surface area contributed by atoms with Gasteiger partial charge in [0.15, 0.2) is 5.82 Å². The zero-order chi connectivity index (χ0) is 12.3. The van der Waals surface area contributed by atoms with Crippen LogP contribution >= 0.6 is 15.9 Å². The lowest BCUT2D eigenvalue weighted by molar-refractivity contribution is -0.115. The highest BCUT2D eigenvalue weighted by molar-refractivity contribution is 9.10. The molecule has 0 spiro atoms. The first-order chi connectivity index (χ1) is 8.15. The van der Waals surface area contributed by atoms with Gasteiger partial charge in [-0.15, -0.1) is 10.2 Å². The first kappa shape index (κ1) is 11.7. The highest BCUT2D eigenvalue weighted by atomic mass is 79.9. The van der Waals surface area contributed by atoms with E-state index in [0.29, 0.717) is 5.82 Å². The van der Waals surface area contributed by atoms with E-state index in [1.54, 1.807) is 0 Å². The SMILES string of the molecule is Cc1ccc(NC(=O)Cc2nn[nH]n2)cc1Br. The Hall–Kier alpha value is -1.76. The van der Waals surface area contributed by atoms with Crippen LogP contribution in [0.15, 0.2) is 22.7 Å². The van der Waals surface area contributed by atoms with Gasteiger partial charge in [0, 0.05) is 10.2 Å². The number of aromatic nitrogens is 4. The van der Waals surface area contributed by atoms with Crippen LogP contribution in [-0.2, 0) is 11.2 Å². The van der Waals surface area contributed by atoms with Crippen molar-refractivity contribution in [3.05, 3.63) is 34.1 Å². The van der Waals surface area contributed by atoms with Crippen molar-refractivity contribution in [3.8, 4) is 0 Å². The van der Waals surface area contributed by atoms with E-state index >= 15 is 0 Å². The lowest BCUT2D eigenvalue weighted by atomic mass is 10.2. The third-order valence-corrected chi connectivity index (χ3v) is 3.02. The summed E-state index contributed by atoms with van der Waals surface area (Å²) in [5, 5.41) is 15.9. The highest BCUT2D eigenvalue weighted by Gasteiger charge is 2.08. The summed E-state index contributed by atoms with van der Waals surface area (Å²) in [5.74, 6) is 0.191. The Kier molecular flexibility index (Phi) is 3.48. The van der Waals surface area contributed by atoms with Crippen molar-refractivity contribution in [2.75, 3.05) is 5.32 Å². The summed E-state index contributed by atoms with van der Waals surface area (Å²) in [6.45, 7) is 1.98. The van der Waals surface area contributed by atoms with E-state index in [1.165, 1.54) is 0 Å². The van der Waals surface area contributed by atoms with Gasteiger partial charge in [-0.1, -0.05) is 27.2 Å². The van der Waals surface area contributed by atoms with Gasteiger partial charge in [-0.3, -0.25) is 4.79 Å². The number of hydrogen-bond donors (Lipinski definition) is 2. The summed E-state index contributed by atoms with van der Waals surface area (Å²) in [5.41, 5.74) is 1.84. The molecule has 0 atom stereocenters. The fourth-order valence-corrected chi connectivity index (χ4v) is 1.66. The predicted molar refractivity (Wildman–Crippen MR) is 65.4 cm³/mol. The molecule has 6 nitrogen and oxygen atoms in total. The van der Waals surface area contributed by atoms with E-state index < -0.39 is 0 Å². The summed E-state index contributed by atoms with van der Waals surface area (Å²) in [7, 11) is 0. The second-order valence-corrected chi connectivity index (χ2v) is 4.37. The number of aryl methyl sites for hydroxylation is 1. The van der Waals surface area contributed by atoms with Crippen molar-refractivity contribution >= 4 is 27.5 Å². The minimum absolute atomic E-state index is 0.0992. The van der Waals surface area contributed by atoms with Gasteiger partial charge in [0.05, 0.1) is 6.42 Å². The molecule has 0 saturated heterocycles. The lowest BCUT2D eigenvalue weighted by Gasteiger charge is -2.05. The van der Waals surface area contributed by atoms with Crippen molar-refractivity contribution in [2.45, 2.75) is 13.3 Å². The molecule has 0 aliphatic carbocycles. The van der Waals surface area contributed by atoms with Crippen LogP contribution in [0.1, 0.15) is 11.4 Å². The number of benzene rings is 1. The van der Waals surface area contributed by atoms with Crippen molar-refractivity contribution in [2.24, 2.45) is 0 Å². The second-order valence-electron chi connectivity index (χ2n) is 3.52. The maximum Gasteiger partial charge on any atom is 0.232 e. The number of hydrogen-bond acceptors (Lipinski definition) is 4. The molecule has 0 aliphatic heterocycles. The monoisotopic (exact) mass is 295 g/mol. The molecule has 0 fully saturated rings. The van der Waals surface area contributed by atoms with Crippen LogP contribution in [0.25, 0.3) is 0 Å². The molecule has 0 radical (unpaired) electrons. The maximum atomic E-state index is 11.6. The number of H-pyrrole nitrogens is 1. The molecule has 2 rings (SSSR count). The van der Waals surface area contributed by atoms with Gasteiger partial charge in [-0.05, 0) is 24.6 Å². The molecule has 17 heavy (non-hydrogen) atoms. The van der Waals surface area contributed by atoms with Crippen molar-refractivity contribution in [1.29, 1.82) is 0 Å². The zero-order valence-electron chi connectivity index (χ0n) is 9.07. The van der Waals surface area contributed by atoms with Gasteiger partial charge in [0.2, 0.25) is 5.91 Å². The largest absolute Gasteiger partial charge is 0.326 e. The van der Waals surface area contributed by atoms with Gasteiger partial charge in [0.25, 0.3) is 0 Å². The number of carbonyl (C=O) groups is 1. The number of tetrazole rings is 1. The smallest absolute Gasteiger partial charge is 0.232 e. The van der Waals surface area contributed by atoms with Crippen molar-refractivity contribution < 1.29 is 4.79 Å². The number of aromatic amines is 1. The molecule has 1 heterocycles. The number of nitrogens with zero attached hydrogens (tertiary/aromatic N) is 3. The number of halogens is 1. The van der Waals surface area contributed by atoms with Crippen LogP contribution < -0.4 is 5.32 Å². The van der Waals surface area contributed by atoms with Gasteiger partial charge in [-0.2, -0.15) is 5.21 Å². The van der Waals surface area contributed by atoms with Crippen molar-refractivity contribution in [1.82, 2.24) is 20.6 Å². The van der Waals surface area contributed by atoms with Crippen LogP contribution in [0.3, 0.4) is 0 Å². The molecule has 0 saturated carbocycles. The summed E-state index contributed by atoms with van der Waals surface area (Å²) in [4.78, 5) is 11.6. The Morgan fingerprint density at radius 2 is 2.35 bits per heavy atom. The molecular weight excluding hydrogens is 286 g/mol. The van der Waals surface area contributed by atoms with Crippen LogP contribution in [0.4, 0.5) is 5.69 Å². The summed E-state index contributed by atoms with van der Waals surface area (Å²) in [6.07, 6.45) is 0.0992. The van der Waals surface area contributed by atoms with E-state index in [-0.39, 0.29) is 12.3 Å². The zero-order valence-corrected chi connectivity index (χ0v) is 10.7. The molecule has 1 aromatic carbocycles. The Balaban J connectivity index is 2.00. The third kappa shape index (κ3) is 3.10. The molecule has 0 unspecified atom stereocenters. The first-order valence-corrected chi connectivity index (χ1v) is 5.73. The molecule has 0 bridgehead atoms. The Labute approximate surface area is 106 Å². The van der Waals surface area contributed by atoms with E-state index in [1.807, 2.05) is 25.1 Å². The Morgan fingerprint density at radius 1 is 1.53 bits per heavy atom.